The number of nitrogens with one attached hydrogen (secondary N) is 1. The van der Waals surface area contributed by atoms with Gasteiger partial charge in [-0.2, -0.15) is 23.4 Å². The summed E-state index contributed by atoms with van der Waals surface area (Å²) in [5.41, 5.74) is 0.168. The molecule has 10 heteroatoms. The summed E-state index contributed by atoms with van der Waals surface area (Å²) >= 11 is 0. The summed E-state index contributed by atoms with van der Waals surface area (Å²) in [5, 5.41) is 10.2. The molecule has 2 heterocycles. The van der Waals surface area contributed by atoms with Crippen molar-refractivity contribution in [3.8, 4) is 0 Å². The zero-order valence-electron chi connectivity index (χ0n) is 14.2. The minimum Gasteiger partial charge on any atom is -0.322 e. The summed E-state index contributed by atoms with van der Waals surface area (Å²) in [5.74, 6) is -1.04. The second-order valence-corrected chi connectivity index (χ2v) is 5.93. The number of aryl methyl sites for hydroxylation is 1. The van der Waals surface area contributed by atoms with Crippen molar-refractivity contribution < 1.29 is 22.4 Å². The summed E-state index contributed by atoms with van der Waals surface area (Å²) in [4.78, 5) is 12.1. The summed E-state index contributed by atoms with van der Waals surface area (Å²) in [6, 6.07) is 6.86. The minimum atomic E-state index is -4.60. The van der Waals surface area contributed by atoms with E-state index in [9.17, 15) is 22.4 Å². The van der Waals surface area contributed by atoms with Gasteiger partial charge in [0, 0.05) is 6.20 Å². The highest BCUT2D eigenvalue weighted by Gasteiger charge is 2.35. The van der Waals surface area contributed by atoms with Crippen molar-refractivity contribution >= 4 is 11.6 Å². The molecule has 0 aliphatic heterocycles. The molecule has 0 bridgehead atoms. The van der Waals surface area contributed by atoms with Gasteiger partial charge in [-0.25, -0.2) is 4.39 Å². The number of carbonyl (C=O) groups is 1. The van der Waals surface area contributed by atoms with Crippen molar-refractivity contribution in [3.63, 3.8) is 0 Å². The monoisotopic (exact) mass is 381 g/mol. The van der Waals surface area contributed by atoms with Crippen LogP contribution in [0.2, 0.25) is 0 Å². The Kier molecular flexibility index (Phi) is 4.98. The van der Waals surface area contributed by atoms with Gasteiger partial charge in [0.25, 0.3) is 0 Å². The lowest BCUT2D eigenvalue weighted by Gasteiger charge is -2.09. The molecule has 27 heavy (non-hydrogen) atoms. The number of amides is 1. The fourth-order valence-electron chi connectivity index (χ4n) is 2.57. The first-order valence-corrected chi connectivity index (χ1v) is 7.89. The molecule has 3 aromatic rings. The molecule has 1 amide bonds. The highest BCUT2D eigenvalue weighted by atomic mass is 19.4. The van der Waals surface area contributed by atoms with E-state index in [0.717, 1.165) is 6.07 Å². The third-order valence-corrected chi connectivity index (χ3v) is 3.64. The van der Waals surface area contributed by atoms with Crippen LogP contribution in [0.5, 0.6) is 0 Å². The molecule has 6 nitrogen and oxygen atoms in total. The number of nitrogens with zero attached hydrogens (tertiary/aromatic N) is 4. The zero-order valence-corrected chi connectivity index (χ0v) is 14.2. The van der Waals surface area contributed by atoms with Crippen molar-refractivity contribution in [1.82, 2.24) is 19.6 Å². The average molecular weight is 381 g/mol. The predicted octanol–water partition coefficient (Wildman–Crippen LogP) is 3.23. The van der Waals surface area contributed by atoms with E-state index in [-0.39, 0.29) is 18.1 Å². The molecule has 0 spiro atoms. The summed E-state index contributed by atoms with van der Waals surface area (Å²) in [6.07, 6.45) is -1.74. The predicted molar refractivity (Wildman–Crippen MR) is 88.3 cm³/mol. The Labute approximate surface area is 151 Å². The number of aromatic nitrogens is 4. The normalized spacial score (nSPS) is 11.6. The van der Waals surface area contributed by atoms with Crippen LogP contribution >= 0.6 is 0 Å². The number of anilines is 1. The van der Waals surface area contributed by atoms with E-state index in [1.807, 2.05) is 0 Å². The highest BCUT2D eigenvalue weighted by molar-refractivity contribution is 5.90. The number of rotatable bonds is 5. The van der Waals surface area contributed by atoms with E-state index in [1.54, 1.807) is 12.1 Å². The molecule has 0 atom stereocenters. The zero-order chi connectivity index (χ0) is 19.6. The van der Waals surface area contributed by atoms with Gasteiger partial charge in [0.2, 0.25) is 5.91 Å². The fourth-order valence-corrected chi connectivity index (χ4v) is 2.57. The topological polar surface area (TPSA) is 64.7 Å². The van der Waals surface area contributed by atoms with Gasteiger partial charge in [-0.1, -0.05) is 12.1 Å². The van der Waals surface area contributed by atoms with Crippen molar-refractivity contribution in [2.24, 2.45) is 0 Å². The maximum Gasteiger partial charge on any atom is 0.433 e. The largest absolute Gasteiger partial charge is 0.433 e. The smallest absolute Gasteiger partial charge is 0.322 e. The molecule has 0 unspecified atom stereocenters. The van der Waals surface area contributed by atoms with E-state index >= 15 is 0 Å². The first-order valence-electron chi connectivity index (χ1n) is 7.89. The van der Waals surface area contributed by atoms with Gasteiger partial charge in [0.05, 0.1) is 24.1 Å². The van der Waals surface area contributed by atoms with Crippen molar-refractivity contribution in [3.05, 3.63) is 65.5 Å². The van der Waals surface area contributed by atoms with E-state index in [0.29, 0.717) is 15.9 Å². The molecule has 0 aliphatic carbocycles. The number of benzene rings is 1. The third kappa shape index (κ3) is 4.72. The van der Waals surface area contributed by atoms with Crippen LogP contribution in [0, 0.1) is 12.7 Å². The molecule has 0 radical (unpaired) electrons. The standard InChI is InChI=1S/C17H15F4N5O/c1-11-5-15(17(19,20)21)26(24-11)10-16(27)23-14-7-22-25(9-14)8-12-3-2-4-13(18)6-12/h2-7,9H,8,10H2,1H3,(H,23,27). The van der Waals surface area contributed by atoms with Crippen LogP contribution in [0.25, 0.3) is 0 Å². The molecular weight excluding hydrogens is 366 g/mol. The van der Waals surface area contributed by atoms with Crippen molar-refractivity contribution in [2.45, 2.75) is 26.2 Å². The second kappa shape index (κ2) is 7.22. The van der Waals surface area contributed by atoms with Crippen LogP contribution in [0.4, 0.5) is 23.2 Å². The highest BCUT2D eigenvalue weighted by Crippen LogP contribution is 2.29. The van der Waals surface area contributed by atoms with Crippen LogP contribution in [0.15, 0.2) is 42.7 Å². The molecule has 3 rings (SSSR count). The van der Waals surface area contributed by atoms with Crippen molar-refractivity contribution in [1.29, 1.82) is 0 Å². The maximum atomic E-state index is 13.2. The van der Waals surface area contributed by atoms with Crippen LogP contribution < -0.4 is 5.32 Å². The molecule has 142 valence electrons. The van der Waals surface area contributed by atoms with Crippen LogP contribution in [-0.4, -0.2) is 25.5 Å². The van der Waals surface area contributed by atoms with Gasteiger partial charge < -0.3 is 5.32 Å². The molecule has 0 saturated carbocycles. The molecule has 0 aliphatic rings. The SMILES string of the molecule is Cc1cc(C(F)(F)F)n(CC(=O)Nc2cnn(Cc3cccc(F)c3)c2)n1. The van der Waals surface area contributed by atoms with E-state index in [1.165, 1.54) is 36.1 Å². The number of hydrogen-bond donors (Lipinski definition) is 1. The summed E-state index contributed by atoms with van der Waals surface area (Å²) in [7, 11) is 0. The average Bonchev–Trinajstić information content (AvgIpc) is 3.13. The van der Waals surface area contributed by atoms with E-state index in [4.69, 9.17) is 0 Å². The molecular formula is C17H15F4N5O. The van der Waals surface area contributed by atoms with E-state index in [2.05, 4.69) is 15.5 Å². The van der Waals surface area contributed by atoms with E-state index < -0.39 is 24.3 Å². The first kappa shape index (κ1) is 18.6. The van der Waals surface area contributed by atoms with Gasteiger partial charge in [-0.05, 0) is 30.7 Å². The number of hydrogen-bond acceptors (Lipinski definition) is 3. The Hall–Kier alpha value is -3.17. The van der Waals surface area contributed by atoms with Crippen molar-refractivity contribution in [2.75, 3.05) is 5.32 Å². The summed E-state index contributed by atoms with van der Waals surface area (Å²) in [6.45, 7) is 1.11. The summed E-state index contributed by atoms with van der Waals surface area (Å²) < 4.78 is 54.1. The van der Waals surface area contributed by atoms with Crippen LogP contribution in [0.1, 0.15) is 17.0 Å². The number of alkyl halides is 3. The van der Waals surface area contributed by atoms with Gasteiger partial charge in [-0.3, -0.25) is 14.2 Å². The molecule has 1 N–H and O–H groups in total. The lowest BCUT2D eigenvalue weighted by atomic mass is 10.2. The van der Waals surface area contributed by atoms with Gasteiger partial charge in [0.1, 0.15) is 18.1 Å². The molecule has 0 fully saturated rings. The molecule has 1 aromatic carbocycles. The number of carbonyl (C=O) groups excluding carboxylic acids is 1. The van der Waals surface area contributed by atoms with Gasteiger partial charge in [0.15, 0.2) is 0 Å². The maximum absolute atomic E-state index is 13.2. The minimum absolute atomic E-state index is 0.165. The first-order chi connectivity index (χ1) is 12.7. The van der Waals surface area contributed by atoms with Gasteiger partial charge >= 0.3 is 6.18 Å². The van der Waals surface area contributed by atoms with Crippen LogP contribution in [-0.2, 0) is 24.1 Å². The quantitative estimate of drug-likeness (QED) is 0.690. The molecule has 2 aromatic heterocycles. The Morgan fingerprint density at radius 2 is 2.04 bits per heavy atom. The second-order valence-electron chi connectivity index (χ2n) is 5.93. The number of halogens is 4. The third-order valence-electron chi connectivity index (χ3n) is 3.64. The Balaban J connectivity index is 1.65. The van der Waals surface area contributed by atoms with Gasteiger partial charge in [-0.15, -0.1) is 0 Å². The Bertz CT molecular complexity index is 960. The lowest BCUT2D eigenvalue weighted by Crippen LogP contribution is -2.23. The fraction of sp³-hybridized carbons (Fsp3) is 0.235. The Morgan fingerprint density at radius 1 is 1.26 bits per heavy atom. The Morgan fingerprint density at radius 3 is 2.74 bits per heavy atom. The molecule has 0 saturated heterocycles. The lowest BCUT2D eigenvalue weighted by molar-refractivity contribution is -0.144. The van der Waals surface area contributed by atoms with Crippen LogP contribution in [0.3, 0.4) is 0 Å².